The van der Waals surface area contributed by atoms with Gasteiger partial charge in [0.05, 0.1) is 23.4 Å². The molecule has 0 saturated heterocycles. The Morgan fingerprint density at radius 3 is 2.73 bits per heavy atom. The van der Waals surface area contributed by atoms with Gasteiger partial charge in [-0.05, 0) is 57.7 Å². The van der Waals surface area contributed by atoms with E-state index in [1.54, 1.807) is 12.5 Å². The summed E-state index contributed by atoms with van der Waals surface area (Å²) in [5.41, 5.74) is 1.99. The van der Waals surface area contributed by atoms with E-state index in [1.807, 2.05) is 34.8 Å². The third kappa shape index (κ3) is 2.79. The largest absolute Gasteiger partial charge is 0.463 e. The number of carbonyl (C=O) groups is 1. The van der Waals surface area contributed by atoms with E-state index < -0.39 is 0 Å². The molecule has 0 aromatic carbocycles. The predicted molar refractivity (Wildman–Crippen MR) is 99.9 cm³/mol. The van der Waals surface area contributed by atoms with Crippen LogP contribution in [0.15, 0.2) is 35.1 Å². The number of aromatic nitrogens is 3. The highest BCUT2D eigenvalue weighted by atomic mass is 16.3. The molecule has 1 amide bonds. The summed E-state index contributed by atoms with van der Waals surface area (Å²) in [5.74, 6) is 1.27. The fraction of sp³-hybridized carbons (Fsp3) is 0.450. The highest BCUT2D eigenvalue weighted by Crippen LogP contribution is 2.36. The molecule has 1 atom stereocenters. The summed E-state index contributed by atoms with van der Waals surface area (Å²) < 4.78 is 7.37. The first-order valence-electron chi connectivity index (χ1n) is 9.16. The topological polar surface area (TPSA) is 64.2 Å². The Hall–Kier alpha value is -2.63. The number of rotatable bonds is 5. The van der Waals surface area contributed by atoms with Crippen LogP contribution in [0.5, 0.6) is 0 Å². The summed E-state index contributed by atoms with van der Waals surface area (Å²) in [4.78, 5) is 19.8. The summed E-state index contributed by atoms with van der Waals surface area (Å²) in [6, 6.07) is 5.89. The Labute approximate surface area is 152 Å². The number of pyridine rings is 1. The van der Waals surface area contributed by atoms with Crippen LogP contribution in [-0.2, 0) is 0 Å². The minimum absolute atomic E-state index is 0.00733. The molecular formula is C20H24N4O2. The zero-order valence-electron chi connectivity index (χ0n) is 15.6. The van der Waals surface area contributed by atoms with Crippen molar-refractivity contribution in [1.82, 2.24) is 19.7 Å². The number of hydrogen-bond acceptors (Lipinski definition) is 4. The molecule has 6 heteroatoms. The van der Waals surface area contributed by atoms with Crippen molar-refractivity contribution in [3.63, 3.8) is 0 Å². The van der Waals surface area contributed by atoms with E-state index in [4.69, 9.17) is 9.40 Å². The SMILES string of the molecule is CC(C1CC1)N(C)C(=O)c1cc(-c2ccco2)nc2c1cnn2C(C)C. The summed E-state index contributed by atoms with van der Waals surface area (Å²) >= 11 is 0. The Morgan fingerprint density at radius 2 is 2.12 bits per heavy atom. The first kappa shape index (κ1) is 16.8. The molecule has 3 aromatic heterocycles. The van der Waals surface area contributed by atoms with Gasteiger partial charge in [0.2, 0.25) is 0 Å². The molecule has 0 aliphatic heterocycles. The van der Waals surface area contributed by atoms with Crippen molar-refractivity contribution < 1.29 is 9.21 Å². The van der Waals surface area contributed by atoms with E-state index >= 15 is 0 Å². The quantitative estimate of drug-likeness (QED) is 0.692. The lowest BCUT2D eigenvalue weighted by Crippen LogP contribution is -2.36. The average Bonchev–Trinajstić information content (AvgIpc) is 3.16. The van der Waals surface area contributed by atoms with Crippen molar-refractivity contribution in [3.8, 4) is 11.5 Å². The minimum Gasteiger partial charge on any atom is -0.463 e. The van der Waals surface area contributed by atoms with Gasteiger partial charge in [0.15, 0.2) is 11.4 Å². The van der Waals surface area contributed by atoms with Gasteiger partial charge < -0.3 is 9.32 Å². The Kier molecular flexibility index (Phi) is 4.05. The van der Waals surface area contributed by atoms with E-state index in [9.17, 15) is 4.79 Å². The van der Waals surface area contributed by atoms with Crippen molar-refractivity contribution in [2.45, 2.75) is 45.7 Å². The van der Waals surface area contributed by atoms with Gasteiger partial charge in [0, 0.05) is 19.1 Å². The van der Waals surface area contributed by atoms with Gasteiger partial charge in [-0.2, -0.15) is 5.10 Å². The van der Waals surface area contributed by atoms with Crippen molar-refractivity contribution in [1.29, 1.82) is 0 Å². The van der Waals surface area contributed by atoms with Gasteiger partial charge >= 0.3 is 0 Å². The maximum Gasteiger partial charge on any atom is 0.254 e. The second-order valence-electron chi connectivity index (χ2n) is 7.45. The molecule has 0 N–H and O–H groups in total. The second kappa shape index (κ2) is 6.27. The van der Waals surface area contributed by atoms with E-state index in [1.165, 1.54) is 12.8 Å². The number of hydrogen-bond donors (Lipinski definition) is 0. The highest BCUT2D eigenvalue weighted by molar-refractivity contribution is 6.06. The fourth-order valence-electron chi connectivity index (χ4n) is 3.39. The van der Waals surface area contributed by atoms with Crippen molar-refractivity contribution >= 4 is 16.9 Å². The predicted octanol–water partition coefficient (Wildman–Crippen LogP) is 4.14. The third-order valence-corrected chi connectivity index (χ3v) is 5.30. The molecule has 1 aliphatic rings. The normalized spacial score (nSPS) is 15.6. The van der Waals surface area contributed by atoms with E-state index in [-0.39, 0.29) is 18.0 Å². The molecule has 1 fully saturated rings. The molecule has 1 aliphatic carbocycles. The monoisotopic (exact) mass is 352 g/mol. The molecule has 1 saturated carbocycles. The first-order valence-corrected chi connectivity index (χ1v) is 9.16. The molecule has 3 heterocycles. The number of carbonyl (C=O) groups excluding carboxylic acids is 1. The van der Waals surface area contributed by atoms with Gasteiger partial charge in [-0.1, -0.05) is 0 Å². The van der Waals surface area contributed by atoms with Crippen LogP contribution in [0.3, 0.4) is 0 Å². The Bertz CT molecular complexity index is 938. The summed E-state index contributed by atoms with van der Waals surface area (Å²) in [6.07, 6.45) is 5.77. The van der Waals surface area contributed by atoms with Gasteiger partial charge in [0.25, 0.3) is 5.91 Å². The van der Waals surface area contributed by atoms with Gasteiger partial charge in [-0.25, -0.2) is 9.67 Å². The van der Waals surface area contributed by atoms with Crippen LogP contribution >= 0.6 is 0 Å². The molecule has 6 nitrogen and oxygen atoms in total. The summed E-state index contributed by atoms with van der Waals surface area (Å²) in [5, 5.41) is 5.25. The molecule has 0 radical (unpaired) electrons. The zero-order valence-corrected chi connectivity index (χ0v) is 15.6. The maximum atomic E-state index is 13.3. The molecule has 3 aromatic rings. The van der Waals surface area contributed by atoms with E-state index in [2.05, 4.69) is 25.9 Å². The molecule has 136 valence electrons. The number of furan rings is 1. The van der Waals surface area contributed by atoms with E-state index in [0.717, 1.165) is 5.39 Å². The zero-order chi connectivity index (χ0) is 18.4. The summed E-state index contributed by atoms with van der Waals surface area (Å²) in [6.45, 7) is 6.23. The van der Waals surface area contributed by atoms with Crippen LogP contribution in [0, 0.1) is 5.92 Å². The highest BCUT2D eigenvalue weighted by Gasteiger charge is 2.33. The Morgan fingerprint density at radius 1 is 1.35 bits per heavy atom. The maximum absolute atomic E-state index is 13.3. The van der Waals surface area contributed by atoms with Crippen LogP contribution in [0.4, 0.5) is 0 Å². The molecule has 1 unspecified atom stereocenters. The third-order valence-electron chi connectivity index (χ3n) is 5.30. The second-order valence-corrected chi connectivity index (χ2v) is 7.45. The first-order chi connectivity index (χ1) is 12.5. The minimum atomic E-state index is 0.00733. The van der Waals surface area contributed by atoms with Crippen LogP contribution < -0.4 is 0 Å². The Balaban J connectivity index is 1.85. The lowest BCUT2D eigenvalue weighted by molar-refractivity contribution is 0.0729. The van der Waals surface area contributed by atoms with Crippen LogP contribution in [0.2, 0.25) is 0 Å². The fourth-order valence-corrected chi connectivity index (χ4v) is 3.39. The van der Waals surface area contributed by atoms with Gasteiger partial charge in [-0.15, -0.1) is 0 Å². The average molecular weight is 352 g/mol. The van der Waals surface area contributed by atoms with Crippen molar-refractivity contribution in [2.24, 2.45) is 5.92 Å². The number of fused-ring (bicyclic) bond motifs is 1. The van der Waals surface area contributed by atoms with E-state index in [0.29, 0.717) is 28.6 Å². The van der Waals surface area contributed by atoms with Crippen molar-refractivity contribution in [3.05, 3.63) is 36.2 Å². The molecule has 0 spiro atoms. The summed E-state index contributed by atoms with van der Waals surface area (Å²) in [7, 11) is 1.89. The number of nitrogens with zero attached hydrogens (tertiary/aromatic N) is 4. The van der Waals surface area contributed by atoms with Crippen molar-refractivity contribution in [2.75, 3.05) is 7.05 Å². The molecule has 26 heavy (non-hydrogen) atoms. The smallest absolute Gasteiger partial charge is 0.254 e. The van der Waals surface area contributed by atoms with Gasteiger partial charge in [-0.3, -0.25) is 4.79 Å². The van der Waals surface area contributed by atoms with Crippen LogP contribution in [0.25, 0.3) is 22.5 Å². The van der Waals surface area contributed by atoms with Crippen LogP contribution in [0.1, 0.15) is 50.0 Å². The van der Waals surface area contributed by atoms with Crippen LogP contribution in [-0.4, -0.2) is 38.7 Å². The number of amides is 1. The standard InChI is InChI=1S/C20H24N4O2/c1-12(2)24-19-16(11-21-24)15(10-17(22-19)18-6-5-9-26-18)20(25)23(4)13(3)14-7-8-14/h5-6,9-14H,7-8H2,1-4H3. The lowest BCUT2D eigenvalue weighted by atomic mass is 10.1. The molecule has 0 bridgehead atoms. The molecule has 4 rings (SSSR count). The lowest BCUT2D eigenvalue weighted by Gasteiger charge is -2.25. The van der Waals surface area contributed by atoms with Gasteiger partial charge in [0.1, 0.15) is 5.69 Å². The molecular weight excluding hydrogens is 328 g/mol.